The zero-order valence-electron chi connectivity index (χ0n) is 19.1. The maximum absolute atomic E-state index is 12.7. The number of aliphatic carboxylic acids is 2. The summed E-state index contributed by atoms with van der Waals surface area (Å²) in [6, 6.07) is -5.38. The zero-order chi connectivity index (χ0) is 25.2. The van der Waals surface area contributed by atoms with Gasteiger partial charge in [-0.05, 0) is 18.8 Å². The Labute approximate surface area is 187 Å². The number of aliphatic hydroxyl groups excluding tert-OH is 1. The van der Waals surface area contributed by atoms with E-state index < -0.39 is 72.3 Å². The Morgan fingerprint density at radius 1 is 0.781 bits per heavy atom. The van der Waals surface area contributed by atoms with Crippen molar-refractivity contribution < 1.29 is 39.3 Å². The molecule has 7 unspecified atom stereocenters. The topological polar surface area (TPSA) is 208 Å². The van der Waals surface area contributed by atoms with Gasteiger partial charge in [0.25, 0.3) is 0 Å². The summed E-state index contributed by atoms with van der Waals surface area (Å²) in [5, 5.41) is 35.2. The van der Waals surface area contributed by atoms with Crippen molar-refractivity contribution in [2.24, 2.45) is 17.6 Å². The first kappa shape index (κ1) is 29.3. The van der Waals surface area contributed by atoms with Crippen molar-refractivity contribution in [1.82, 2.24) is 16.0 Å². The number of carbonyl (C=O) groups excluding carboxylic acids is 3. The first-order chi connectivity index (χ1) is 14.8. The first-order valence-corrected chi connectivity index (χ1v) is 10.6. The summed E-state index contributed by atoms with van der Waals surface area (Å²) in [5.41, 5.74) is 5.82. The summed E-state index contributed by atoms with van der Waals surface area (Å²) in [6.45, 7) is 8.10. The highest BCUT2D eigenvalue weighted by Gasteiger charge is 2.35. The molecule has 0 saturated heterocycles. The van der Waals surface area contributed by atoms with E-state index in [9.17, 15) is 34.2 Å². The molecule has 0 aliphatic rings. The second kappa shape index (κ2) is 13.6. The Bertz CT molecular complexity index is 685. The molecule has 7 atom stereocenters. The van der Waals surface area contributed by atoms with Crippen molar-refractivity contribution in [1.29, 1.82) is 0 Å². The van der Waals surface area contributed by atoms with Gasteiger partial charge in [-0.1, -0.05) is 40.5 Å². The molecule has 0 radical (unpaired) electrons. The standard InChI is InChI=1S/C20H36N4O8/c1-6-9(3)14(21)18(29)22-12(8-13(26)27)17(28)24-16(11(5)25)19(30)23-15(20(31)32)10(4)7-2/h9-12,14-16,25H,6-8,21H2,1-5H3,(H,22,29)(H,23,30)(H,24,28)(H,26,27)(H,31,32). The lowest BCUT2D eigenvalue weighted by molar-refractivity contribution is -0.145. The van der Waals surface area contributed by atoms with Crippen molar-refractivity contribution in [3.63, 3.8) is 0 Å². The van der Waals surface area contributed by atoms with Crippen LogP contribution >= 0.6 is 0 Å². The van der Waals surface area contributed by atoms with Gasteiger partial charge >= 0.3 is 11.9 Å². The van der Waals surface area contributed by atoms with Gasteiger partial charge in [-0.3, -0.25) is 19.2 Å². The molecule has 0 fully saturated rings. The largest absolute Gasteiger partial charge is 0.481 e. The lowest BCUT2D eigenvalue weighted by Gasteiger charge is -2.27. The minimum absolute atomic E-state index is 0.229. The number of nitrogens with two attached hydrogens (primary N) is 1. The molecule has 0 aromatic heterocycles. The van der Waals surface area contributed by atoms with Crippen LogP contribution in [0.25, 0.3) is 0 Å². The molecule has 184 valence electrons. The number of rotatable bonds is 14. The number of amides is 3. The fraction of sp³-hybridized carbons (Fsp3) is 0.750. The number of carbonyl (C=O) groups is 5. The van der Waals surface area contributed by atoms with Crippen LogP contribution in [0.5, 0.6) is 0 Å². The van der Waals surface area contributed by atoms with Crippen LogP contribution in [-0.4, -0.2) is 75.3 Å². The van der Waals surface area contributed by atoms with E-state index in [1.54, 1.807) is 20.8 Å². The van der Waals surface area contributed by atoms with Crippen LogP contribution in [0.15, 0.2) is 0 Å². The number of nitrogens with one attached hydrogen (secondary N) is 3. The van der Waals surface area contributed by atoms with Crippen molar-refractivity contribution in [3.05, 3.63) is 0 Å². The predicted molar refractivity (Wildman–Crippen MR) is 114 cm³/mol. The van der Waals surface area contributed by atoms with E-state index >= 15 is 0 Å². The van der Waals surface area contributed by atoms with Crippen LogP contribution in [0.4, 0.5) is 0 Å². The molecular formula is C20H36N4O8. The summed E-state index contributed by atoms with van der Waals surface area (Å²) in [6.07, 6.45) is -1.19. The second-order valence-corrected chi connectivity index (χ2v) is 8.01. The molecule has 12 nitrogen and oxygen atoms in total. The van der Waals surface area contributed by atoms with Gasteiger partial charge in [0.2, 0.25) is 17.7 Å². The Hall–Kier alpha value is -2.73. The number of hydrogen-bond donors (Lipinski definition) is 7. The van der Waals surface area contributed by atoms with E-state index in [4.69, 9.17) is 10.8 Å². The molecule has 0 aromatic carbocycles. The first-order valence-electron chi connectivity index (χ1n) is 10.6. The normalized spacial score (nSPS) is 17.6. The molecule has 0 spiro atoms. The zero-order valence-corrected chi connectivity index (χ0v) is 19.1. The monoisotopic (exact) mass is 460 g/mol. The van der Waals surface area contributed by atoms with Crippen LogP contribution in [0.1, 0.15) is 53.9 Å². The molecule has 0 bridgehead atoms. The third kappa shape index (κ3) is 9.18. The van der Waals surface area contributed by atoms with Crippen molar-refractivity contribution in [2.45, 2.75) is 84.2 Å². The van der Waals surface area contributed by atoms with Crippen LogP contribution in [0, 0.1) is 11.8 Å². The van der Waals surface area contributed by atoms with Crippen LogP contribution in [0.2, 0.25) is 0 Å². The van der Waals surface area contributed by atoms with Gasteiger partial charge in [0.15, 0.2) is 0 Å². The number of hydrogen-bond acceptors (Lipinski definition) is 7. The minimum atomic E-state index is -1.58. The average molecular weight is 461 g/mol. The number of carboxylic acids is 2. The van der Waals surface area contributed by atoms with Gasteiger partial charge < -0.3 is 37.0 Å². The van der Waals surface area contributed by atoms with E-state index in [1.165, 1.54) is 6.92 Å². The van der Waals surface area contributed by atoms with E-state index in [0.29, 0.717) is 12.8 Å². The maximum atomic E-state index is 12.7. The highest BCUT2D eigenvalue weighted by Crippen LogP contribution is 2.10. The van der Waals surface area contributed by atoms with Gasteiger partial charge in [-0.25, -0.2) is 4.79 Å². The molecule has 0 rings (SSSR count). The van der Waals surface area contributed by atoms with E-state index in [0.717, 1.165) is 0 Å². The molecule has 0 saturated carbocycles. The summed E-state index contributed by atoms with van der Waals surface area (Å²) in [5.74, 6) is -6.05. The lowest BCUT2D eigenvalue weighted by atomic mass is 9.98. The summed E-state index contributed by atoms with van der Waals surface area (Å²) < 4.78 is 0. The average Bonchev–Trinajstić information content (AvgIpc) is 2.72. The van der Waals surface area contributed by atoms with E-state index in [-0.39, 0.29) is 5.92 Å². The van der Waals surface area contributed by atoms with Crippen LogP contribution in [0.3, 0.4) is 0 Å². The van der Waals surface area contributed by atoms with E-state index in [1.807, 2.05) is 6.92 Å². The smallest absolute Gasteiger partial charge is 0.326 e. The van der Waals surface area contributed by atoms with Gasteiger partial charge in [-0.2, -0.15) is 0 Å². The number of carboxylic acid groups (broad SMARTS) is 2. The Balaban J connectivity index is 5.53. The number of aliphatic hydroxyl groups is 1. The molecule has 0 aliphatic carbocycles. The molecule has 0 heterocycles. The summed E-state index contributed by atoms with van der Waals surface area (Å²) in [7, 11) is 0. The molecule has 32 heavy (non-hydrogen) atoms. The third-order valence-corrected chi connectivity index (χ3v) is 5.41. The maximum Gasteiger partial charge on any atom is 0.326 e. The highest BCUT2D eigenvalue weighted by atomic mass is 16.4. The van der Waals surface area contributed by atoms with Crippen molar-refractivity contribution >= 4 is 29.7 Å². The molecule has 0 aromatic rings. The fourth-order valence-corrected chi connectivity index (χ4v) is 2.75. The Morgan fingerprint density at radius 2 is 1.28 bits per heavy atom. The summed E-state index contributed by atoms with van der Waals surface area (Å²) in [4.78, 5) is 60.2. The highest BCUT2D eigenvalue weighted by molar-refractivity contribution is 5.95. The van der Waals surface area contributed by atoms with Gasteiger partial charge in [0.05, 0.1) is 18.6 Å². The Morgan fingerprint density at radius 3 is 1.69 bits per heavy atom. The van der Waals surface area contributed by atoms with Crippen LogP contribution in [-0.2, 0) is 24.0 Å². The molecule has 8 N–H and O–H groups in total. The molecule has 3 amide bonds. The predicted octanol–water partition coefficient (Wildman–Crippen LogP) is -1.20. The quantitative estimate of drug-likeness (QED) is 0.166. The van der Waals surface area contributed by atoms with Crippen LogP contribution < -0.4 is 21.7 Å². The van der Waals surface area contributed by atoms with Crippen molar-refractivity contribution in [3.8, 4) is 0 Å². The van der Waals surface area contributed by atoms with Gasteiger partial charge in [0.1, 0.15) is 18.1 Å². The van der Waals surface area contributed by atoms with Gasteiger partial charge in [-0.15, -0.1) is 0 Å². The second-order valence-electron chi connectivity index (χ2n) is 8.01. The Kier molecular flexibility index (Phi) is 12.5. The third-order valence-electron chi connectivity index (χ3n) is 5.41. The fourth-order valence-electron chi connectivity index (χ4n) is 2.75. The molecule has 12 heteroatoms. The SMILES string of the molecule is CCC(C)C(N)C(=O)NC(CC(=O)O)C(=O)NC(C(=O)NC(C(=O)O)C(C)CC)C(C)O. The molecular weight excluding hydrogens is 424 g/mol. The van der Waals surface area contributed by atoms with Gasteiger partial charge in [0, 0.05) is 0 Å². The van der Waals surface area contributed by atoms with Crippen molar-refractivity contribution in [2.75, 3.05) is 0 Å². The lowest BCUT2D eigenvalue weighted by Crippen LogP contribution is -2.60. The van der Waals surface area contributed by atoms with E-state index in [2.05, 4.69) is 16.0 Å². The minimum Gasteiger partial charge on any atom is -0.481 e. The molecule has 0 aliphatic heterocycles. The summed E-state index contributed by atoms with van der Waals surface area (Å²) >= 11 is 0.